The molecule has 1 unspecified atom stereocenters. The lowest BCUT2D eigenvalue weighted by molar-refractivity contribution is -0.125. The smallest absolute Gasteiger partial charge is 0.242 e. The third-order valence-corrected chi connectivity index (χ3v) is 4.94. The summed E-state index contributed by atoms with van der Waals surface area (Å²) >= 11 is 0. The maximum atomic E-state index is 12.2. The van der Waals surface area contributed by atoms with E-state index in [-0.39, 0.29) is 11.4 Å². The molecule has 0 aromatic heterocycles. The van der Waals surface area contributed by atoms with Crippen LogP contribution in [0.4, 0.5) is 0 Å². The van der Waals surface area contributed by atoms with Gasteiger partial charge in [0.2, 0.25) is 5.91 Å². The lowest BCUT2D eigenvalue weighted by Crippen LogP contribution is -2.53. The number of rotatable bonds is 6. The van der Waals surface area contributed by atoms with Crippen LogP contribution in [-0.2, 0) is 10.3 Å². The van der Waals surface area contributed by atoms with Crippen LogP contribution in [0.5, 0.6) is 0 Å². The molecule has 0 bridgehead atoms. The lowest BCUT2D eigenvalue weighted by Gasteiger charge is -2.36. The summed E-state index contributed by atoms with van der Waals surface area (Å²) in [5.41, 5.74) is 6.11. The number of likely N-dealkylation sites (N-methyl/N-ethyl adjacent to an activating group) is 1. The van der Waals surface area contributed by atoms with Gasteiger partial charge < -0.3 is 11.1 Å². The van der Waals surface area contributed by atoms with Gasteiger partial charge in [-0.25, -0.2) is 0 Å². The van der Waals surface area contributed by atoms with Crippen molar-refractivity contribution in [1.82, 2.24) is 10.2 Å². The molecule has 116 valence electrons. The van der Waals surface area contributed by atoms with Gasteiger partial charge >= 0.3 is 0 Å². The van der Waals surface area contributed by atoms with Crippen molar-refractivity contribution in [3.63, 3.8) is 0 Å². The Kier molecular flexibility index (Phi) is 4.69. The number of primary amides is 1. The van der Waals surface area contributed by atoms with Crippen molar-refractivity contribution in [1.29, 1.82) is 0 Å². The highest BCUT2D eigenvalue weighted by molar-refractivity contribution is 5.86. The molecular weight excluding hydrogens is 262 g/mol. The van der Waals surface area contributed by atoms with Crippen LogP contribution in [0.1, 0.15) is 38.7 Å². The van der Waals surface area contributed by atoms with Crippen molar-refractivity contribution in [2.45, 2.75) is 44.2 Å². The Morgan fingerprint density at radius 2 is 2.05 bits per heavy atom. The topological polar surface area (TPSA) is 58.4 Å². The summed E-state index contributed by atoms with van der Waals surface area (Å²) in [6.07, 6.45) is 3.12. The number of carbonyl (C=O) groups is 1. The Morgan fingerprint density at radius 1 is 1.38 bits per heavy atom. The number of likely N-dealkylation sites (tertiary alicyclic amines) is 1. The van der Waals surface area contributed by atoms with Gasteiger partial charge in [0, 0.05) is 12.1 Å². The average Bonchev–Trinajstić information content (AvgIpc) is 2.80. The molecule has 3 N–H and O–H groups in total. The Labute approximate surface area is 127 Å². The first-order chi connectivity index (χ1) is 9.92. The Morgan fingerprint density at radius 3 is 2.52 bits per heavy atom. The van der Waals surface area contributed by atoms with Gasteiger partial charge in [0.25, 0.3) is 0 Å². The first-order valence-corrected chi connectivity index (χ1v) is 7.72. The molecule has 1 aromatic rings. The predicted octanol–water partition coefficient (Wildman–Crippen LogP) is 1.85. The van der Waals surface area contributed by atoms with Gasteiger partial charge in [-0.1, -0.05) is 30.3 Å². The minimum atomic E-state index is -0.792. The van der Waals surface area contributed by atoms with E-state index in [1.165, 1.54) is 12.8 Å². The van der Waals surface area contributed by atoms with Crippen LogP contribution in [0, 0.1) is 0 Å². The van der Waals surface area contributed by atoms with Crippen molar-refractivity contribution >= 4 is 5.91 Å². The second-order valence-electron chi connectivity index (χ2n) is 6.54. The van der Waals surface area contributed by atoms with E-state index < -0.39 is 5.54 Å². The molecular formula is C17H27N3O. The van der Waals surface area contributed by atoms with Gasteiger partial charge in [0.15, 0.2) is 0 Å². The molecule has 0 saturated carbocycles. The fraction of sp³-hybridized carbons (Fsp3) is 0.588. The monoisotopic (exact) mass is 289 g/mol. The maximum absolute atomic E-state index is 12.2. The molecule has 4 nitrogen and oxygen atoms in total. The molecule has 1 fully saturated rings. The van der Waals surface area contributed by atoms with Gasteiger partial charge in [-0.15, -0.1) is 0 Å². The second-order valence-corrected chi connectivity index (χ2v) is 6.54. The highest BCUT2D eigenvalue weighted by Gasteiger charge is 2.39. The Balaban J connectivity index is 2.20. The van der Waals surface area contributed by atoms with Crippen LogP contribution in [0.15, 0.2) is 30.3 Å². The van der Waals surface area contributed by atoms with Gasteiger partial charge in [-0.3, -0.25) is 9.69 Å². The van der Waals surface area contributed by atoms with Crippen molar-refractivity contribution in [3.8, 4) is 0 Å². The number of nitrogens with one attached hydrogen (secondary N) is 1. The van der Waals surface area contributed by atoms with Crippen LogP contribution in [0.3, 0.4) is 0 Å². The SMILES string of the molecule is CNC(CCN1CCCC1(C)C)(C(N)=O)c1ccccc1. The fourth-order valence-electron chi connectivity index (χ4n) is 3.41. The summed E-state index contributed by atoms with van der Waals surface area (Å²) < 4.78 is 0. The summed E-state index contributed by atoms with van der Waals surface area (Å²) in [6, 6.07) is 9.79. The number of nitrogens with two attached hydrogens (primary N) is 1. The van der Waals surface area contributed by atoms with E-state index in [4.69, 9.17) is 5.73 Å². The van der Waals surface area contributed by atoms with E-state index in [9.17, 15) is 4.79 Å². The molecule has 0 spiro atoms. The number of hydrogen-bond donors (Lipinski definition) is 2. The Bertz CT molecular complexity index is 486. The molecule has 0 aliphatic carbocycles. The molecule has 1 heterocycles. The zero-order valence-corrected chi connectivity index (χ0v) is 13.4. The highest BCUT2D eigenvalue weighted by atomic mass is 16.1. The third kappa shape index (κ3) is 3.11. The summed E-state index contributed by atoms with van der Waals surface area (Å²) in [5, 5.41) is 3.18. The molecule has 1 amide bonds. The number of nitrogens with zero attached hydrogens (tertiary/aromatic N) is 1. The van der Waals surface area contributed by atoms with E-state index in [1.54, 1.807) is 0 Å². The normalized spacial score (nSPS) is 21.1. The van der Waals surface area contributed by atoms with Crippen LogP contribution >= 0.6 is 0 Å². The summed E-state index contributed by atoms with van der Waals surface area (Å²) in [4.78, 5) is 14.6. The molecule has 1 aliphatic heterocycles. The molecule has 2 rings (SSSR count). The van der Waals surface area contributed by atoms with Crippen molar-refractivity contribution in [2.24, 2.45) is 5.73 Å². The van der Waals surface area contributed by atoms with Crippen molar-refractivity contribution in [3.05, 3.63) is 35.9 Å². The summed E-state index contributed by atoms with van der Waals surface area (Å²) in [5.74, 6) is -0.312. The standard InChI is InChI=1S/C17H27N3O/c1-16(2)10-7-12-20(16)13-11-17(19-3,15(18)21)14-8-5-4-6-9-14/h4-6,8-9,19H,7,10-13H2,1-3H3,(H2,18,21). The molecule has 21 heavy (non-hydrogen) atoms. The van der Waals surface area contributed by atoms with Crippen molar-refractivity contribution < 1.29 is 4.79 Å². The minimum Gasteiger partial charge on any atom is -0.368 e. The number of benzene rings is 1. The van der Waals surface area contributed by atoms with Crippen LogP contribution < -0.4 is 11.1 Å². The molecule has 4 heteroatoms. The fourth-order valence-corrected chi connectivity index (χ4v) is 3.41. The second kappa shape index (κ2) is 6.16. The first kappa shape index (κ1) is 16.0. The predicted molar refractivity (Wildman–Crippen MR) is 85.9 cm³/mol. The van der Waals surface area contributed by atoms with E-state index >= 15 is 0 Å². The van der Waals surface area contributed by atoms with Crippen LogP contribution in [-0.4, -0.2) is 36.5 Å². The van der Waals surface area contributed by atoms with E-state index in [0.29, 0.717) is 6.42 Å². The van der Waals surface area contributed by atoms with Crippen molar-refractivity contribution in [2.75, 3.05) is 20.1 Å². The van der Waals surface area contributed by atoms with Crippen LogP contribution in [0.2, 0.25) is 0 Å². The van der Waals surface area contributed by atoms with Crippen LogP contribution in [0.25, 0.3) is 0 Å². The minimum absolute atomic E-state index is 0.216. The van der Waals surface area contributed by atoms with Gasteiger partial charge in [0.1, 0.15) is 5.54 Å². The number of hydrogen-bond acceptors (Lipinski definition) is 3. The molecule has 0 radical (unpaired) electrons. The van der Waals surface area contributed by atoms with E-state index in [0.717, 1.165) is 18.7 Å². The maximum Gasteiger partial charge on any atom is 0.242 e. The quantitative estimate of drug-likeness (QED) is 0.840. The van der Waals surface area contributed by atoms with E-state index in [2.05, 4.69) is 24.1 Å². The molecule has 1 aromatic carbocycles. The Hall–Kier alpha value is -1.39. The number of amides is 1. The molecule has 1 aliphatic rings. The zero-order valence-electron chi connectivity index (χ0n) is 13.4. The first-order valence-electron chi connectivity index (χ1n) is 7.72. The molecule has 1 saturated heterocycles. The van der Waals surface area contributed by atoms with E-state index in [1.807, 2.05) is 37.4 Å². The lowest BCUT2D eigenvalue weighted by atomic mass is 9.85. The van der Waals surface area contributed by atoms with Gasteiger partial charge in [0.05, 0.1) is 0 Å². The zero-order chi connectivity index (χ0) is 15.5. The van der Waals surface area contributed by atoms with Gasteiger partial charge in [-0.2, -0.15) is 0 Å². The summed E-state index contributed by atoms with van der Waals surface area (Å²) in [7, 11) is 1.81. The highest BCUT2D eigenvalue weighted by Crippen LogP contribution is 2.31. The summed E-state index contributed by atoms with van der Waals surface area (Å²) in [6.45, 7) is 6.51. The largest absolute Gasteiger partial charge is 0.368 e. The third-order valence-electron chi connectivity index (χ3n) is 4.94. The van der Waals surface area contributed by atoms with Gasteiger partial charge in [-0.05, 0) is 52.3 Å². The average molecular weight is 289 g/mol. The molecule has 1 atom stereocenters. The number of carbonyl (C=O) groups excluding carboxylic acids is 1.